The minimum atomic E-state index is -0.206. The molecule has 0 spiro atoms. The standard InChI is InChI=1S/C10H8ClIO2/c1-6-2-8(12)3-7(5-13)10(6)9(14)4-11/h2-3,5H,4H2,1H3. The van der Waals surface area contributed by atoms with Crippen molar-refractivity contribution in [1.82, 2.24) is 0 Å². The molecule has 0 aliphatic carbocycles. The molecule has 0 aliphatic heterocycles. The van der Waals surface area contributed by atoms with Gasteiger partial charge in [-0.3, -0.25) is 9.59 Å². The van der Waals surface area contributed by atoms with Crippen LogP contribution in [0.1, 0.15) is 26.3 Å². The lowest BCUT2D eigenvalue weighted by molar-refractivity contribution is 0.101. The number of benzene rings is 1. The Bertz CT molecular complexity index is 388. The van der Waals surface area contributed by atoms with Crippen molar-refractivity contribution < 1.29 is 9.59 Å². The average molecular weight is 323 g/mol. The lowest BCUT2D eigenvalue weighted by Crippen LogP contribution is -2.07. The van der Waals surface area contributed by atoms with Crippen LogP contribution in [0.5, 0.6) is 0 Å². The van der Waals surface area contributed by atoms with Crippen LogP contribution in [0.3, 0.4) is 0 Å². The SMILES string of the molecule is Cc1cc(I)cc(C=O)c1C(=O)CCl. The summed E-state index contributed by atoms with van der Waals surface area (Å²) in [4.78, 5) is 22.2. The van der Waals surface area contributed by atoms with Gasteiger partial charge in [-0.05, 0) is 47.2 Å². The van der Waals surface area contributed by atoms with Gasteiger partial charge in [-0.2, -0.15) is 0 Å². The number of hydrogen-bond donors (Lipinski definition) is 0. The summed E-state index contributed by atoms with van der Waals surface area (Å²) in [6, 6.07) is 3.54. The van der Waals surface area contributed by atoms with Crippen molar-refractivity contribution in [2.24, 2.45) is 0 Å². The topological polar surface area (TPSA) is 34.1 Å². The first-order valence-corrected chi connectivity index (χ1v) is 5.56. The van der Waals surface area contributed by atoms with E-state index in [2.05, 4.69) is 22.6 Å². The molecule has 0 N–H and O–H groups in total. The van der Waals surface area contributed by atoms with Crippen molar-refractivity contribution >= 4 is 46.3 Å². The second kappa shape index (κ2) is 4.89. The first-order valence-electron chi connectivity index (χ1n) is 3.94. The van der Waals surface area contributed by atoms with E-state index >= 15 is 0 Å². The molecule has 0 atom stereocenters. The largest absolute Gasteiger partial charge is 0.298 e. The molecule has 0 aliphatic rings. The summed E-state index contributed by atoms with van der Waals surface area (Å²) >= 11 is 7.56. The van der Waals surface area contributed by atoms with E-state index in [-0.39, 0.29) is 11.7 Å². The summed E-state index contributed by atoms with van der Waals surface area (Å²) in [5.41, 5.74) is 1.65. The molecule has 1 aromatic carbocycles. The maximum absolute atomic E-state index is 11.4. The zero-order valence-corrected chi connectivity index (χ0v) is 10.4. The molecule has 2 nitrogen and oxygen atoms in total. The van der Waals surface area contributed by atoms with E-state index in [0.29, 0.717) is 17.4 Å². The minimum absolute atomic E-state index is 0.0950. The van der Waals surface area contributed by atoms with Crippen molar-refractivity contribution in [3.05, 3.63) is 32.4 Å². The molecule has 0 saturated carbocycles. The first kappa shape index (κ1) is 11.7. The van der Waals surface area contributed by atoms with Gasteiger partial charge in [0.2, 0.25) is 0 Å². The Morgan fingerprint density at radius 3 is 2.71 bits per heavy atom. The molecule has 14 heavy (non-hydrogen) atoms. The fraction of sp³-hybridized carbons (Fsp3) is 0.200. The Hall–Kier alpha value is -0.420. The fourth-order valence-corrected chi connectivity index (χ4v) is 2.25. The third-order valence-electron chi connectivity index (χ3n) is 1.86. The Morgan fingerprint density at radius 2 is 2.21 bits per heavy atom. The van der Waals surface area contributed by atoms with Gasteiger partial charge in [0.15, 0.2) is 12.1 Å². The number of hydrogen-bond acceptors (Lipinski definition) is 2. The van der Waals surface area contributed by atoms with Gasteiger partial charge in [0.25, 0.3) is 0 Å². The summed E-state index contributed by atoms with van der Waals surface area (Å²) in [6.45, 7) is 1.80. The van der Waals surface area contributed by atoms with Crippen LogP contribution >= 0.6 is 34.2 Å². The number of rotatable bonds is 3. The highest BCUT2D eigenvalue weighted by Crippen LogP contribution is 2.18. The molecule has 74 valence electrons. The van der Waals surface area contributed by atoms with Crippen LogP contribution in [-0.4, -0.2) is 17.9 Å². The Balaban J connectivity index is 3.39. The molecule has 1 aromatic rings. The van der Waals surface area contributed by atoms with Gasteiger partial charge in [0.1, 0.15) is 0 Å². The van der Waals surface area contributed by atoms with E-state index in [4.69, 9.17) is 11.6 Å². The second-order valence-electron chi connectivity index (χ2n) is 2.86. The maximum Gasteiger partial charge on any atom is 0.178 e. The number of carbonyl (C=O) groups excluding carboxylic acids is 2. The quantitative estimate of drug-likeness (QED) is 0.371. The summed E-state index contributed by atoms with van der Waals surface area (Å²) in [7, 11) is 0. The predicted octanol–water partition coefficient (Wildman–Crippen LogP) is 2.83. The highest BCUT2D eigenvalue weighted by Gasteiger charge is 2.13. The van der Waals surface area contributed by atoms with E-state index in [0.717, 1.165) is 9.13 Å². The highest BCUT2D eigenvalue weighted by molar-refractivity contribution is 14.1. The Kier molecular flexibility index (Phi) is 4.07. The van der Waals surface area contributed by atoms with Crippen LogP contribution in [0.25, 0.3) is 0 Å². The van der Waals surface area contributed by atoms with Crippen molar-refractivity contribution in [2.75, 3.05) is 5.88 Å². The minimum Gasteiger partial charge on any atom is -0.298 e. The summed E-state index contributed by atoms with van der Waals surface area (Å²) < 4.78 is 0.938. The van der Waals surface area contributed by atoms with Crippen LogP contribution in [0, 0.1) is 10.5 Å². The molecule has 0 unspecified atom stereocenters. The summed E-state index contributed by atoms with van der Waals surface area (Å²) in [5, 5.41) is 0. The normalized spacial score (nSPS) is 9.93. The molecule has 0 fully saturated rings. The maximum atomic E-state index is 11.4. The molecule has 1 rings (SSSR count). The van der Waals surface area contributed by atoms with E-state index in [1.165, 1.54) is 0 Å². The third-order valence-corrected chi connectivity index (χ3v) is 2.72. The Morgan fingerprint density at radius 1 is 1.57 bits per heavy atom. The van der Waals surface area contributed by atoms with Crippen LogP contribution in [0.4, 0.5) is 0 Å². The van der Waals surface area contributed by atoms with Gasteiger partial charge in [-0.25, -0.2) is 0 Å². The van der Waals surface area contributed by atoms with E-state index in [1.807, 2.05) is 6.07 Å². The van der Waals surface area contributed by atoms with E-state index < -0.39 is 0 Å². The number of halogens is 2. The zero-order chi connectivity index (χ0) is 10.7. The van der Waals surface area contributed by atoms with Gasteiger partial charge in [0, 0.05) is 14.7 Å². The van der Waals surface area contributed by atoms with E-state index in [1.54, 1.807) is 13.0 Å². The summed E-state index contributed by atoms with van der Waals surface area (Å²) in [5.74, 6) is -0.301. The number of carbonyl (C=O) groups is 2. The average Bonchev–Trinajstić information content (AvgIpc) is 2.15. The van der Waals surface area contributed by atoms with Gasteiger partial charge >= 0.3 is 0 Å². The van der Waals surface area contributed by atoms with Crippen LogP contribution in [-0.2, 0) is 0 Å². The van der Waals surface area contributed by atoms with Gasteiger partial charge < -0.3 is 0 Å². The summed E-state index contributed by atoms with van der Waals surface area (Å²) in [6.07, 6.45) is 0.689. The van der Waals surface area contributed by atoms with Crippen LogP contribution < -0.4 is 0 Å². The van der Waals surface area contributed by atoms with Gasteiger partial charge in [-0.15, -0.1) is 11.6 Å². The molecule has 0 bridgehead atoms. The molecule has 0 heterocycles. The second-order valence-corrected chi connectivity index (χ2v) is 4.37. The van der Waals surface area contributed by atoms with Crippen molar-refractivity contribution in [3.8, 4) is 0 Å². The molecular weight excluding hydrogens is 314 g/mol. The van der Waals surface area contributed by atoms with E-state index in [9.17, 15) is 9.59 Å². The number of Topliss-reactive ketones (excluding diaryl/α,β-unsaturated/α-hetero) is 1. The van der Waals surface area contributed by atoms with Crippen molar-refractivity contribution in [2.45, 2.75) is 6.92 Å². The van der Waals surface area contributed by atoms with Gasteiger partial charge in [-0.1, -0.05) is 0 Å². The lowest BCUT2D eigenvalue weighted by atomic mass is 10.00. The number of aryl methyl sites for hydroxylation is 1. The zero-order valence-electron chi connectivity index (χ0n) is 7.51. The highest BCUT2D eigenvalue weighted by atomic mass is 127. The monoisotopic (exact) mass is 322 g/mol. The van der Waals surface area contributed by atoms with Crippen LogP contribution in [0.15, 0.2) is 12.1 Å². The first-order chi connectivity index (χ1) is 6.60. The molecule has 0 amide bonds. The molecule has 0 radical (unpaired) electrons. The lowest BCUT2D eigenvalue weighted by Gasteiger charge is -2.06. The predicted molar refractivity (Wildman–Crippen MR) is 64.3 cm³/mol. The number of alkyl halides is 1. The molecule has 0 saturated heterocycles. The Labute approximate surface area is 101 Å². The van der Waals surface area contributed by atoms with Crippen LogP contribution in [0.2, 0.25) is 0 Å². The number of aldehydes is 1. The van der Waals surface area contributed by atoms with Crippen molar-refractivity contribution in [3.63, 3.8) is 0 Å². The number of ketones is 1. The third kappa shape index (κ3) is 2.33. The molecular formula is C10H8ClIO2. The smallest absolute Gasteiger partial charge is 0.178 e. The van der Waals surface area contributed by atoms with Gasteiger partial charge in [0.05, 0.1) is 5.88 Å². The molecule has 0 aromatic heterocycles. The van der Waals surface area contributed by atoms with Crippen molar-refractivity contribution in [1.29, 1.82) is 0 Å². The fourth-order valence-electron chi connectivity index (χ4n) is 1.31. The molecule has 4 heteroatoms.